The minimum atomic E-state index is 0.155. The number of nitrogens with zero attached hydrogens (tertiary/aromatic N) is 1. The summed E-state index contributed by atoms with van der Waals surface area (Å²) in [6.45, 7) is 0. The quantitative estimate of drug-likeness (QED) is 0.437. The van der Waals surface area contributed by atoms with Gasteiger partial charge in [-0.2, -0.15) is 5.26 Å². The van der Waals surface area contributed by atoms with Crippen molar-refractivity contribution < 1.29 is 0 Å². The molecule has 0 aromatic rings. The Hall–Kier alpha value is -0.560. The SMILES string of the molecule is N#CC1CC=C(C2CCC3CCC4CCC(Cl)NC4C3N2)CC1. The lowest BCUT2D eigenvalue weighted by Gasteiger charge is -2.51. The molecular formula is C19H28ClN3. The van der Waals surface area contributed by atoms with Crippen molar-refractivity contribution in [3.05, 3.63) is 11.6 Å². The molecule has 0 amide bonds. The highest BCUT2D eigenvalue weighted by Crippen LogP contribution is 2.41. The van der Waals surface area contributed by atoms with Crippen molar-refractivity contribution in [2.75, 3.05) is 0 Å². The second-order valence-corrected chi connectivity index (χ2v) is 8.56. The van der Waals surface area contributed by atoms with Gasteiger partial charge in [-0.3, -0.25) is 5.32 Å². The number of hydrogen-bond donors (Lipinski definition) is 2. The molecule has 0 bridgehead atoms. The fourth-order valence-electron chi connectivity index (χ4n) is 5.43. The van der Waals surface area contributed by atoms with Crippen molar-refractivity contribution in [3.8, 4) is 6.07 Å². The molecule has 2 aliphatic heterocycles. The summed E-state index contributed by atoms with van der Waals surface area (Å²) in [5.74, 6) is 1.87. The molecule has 0 radical (unpaired) electrons. The van der Waals surface area contributed by atoms with E-state index in [-0.39, 0.29) is 11.4 Å². The third kappa shape index (κ3) is 3.18. The van der Waals surface area contributed by atoms with Gasteiger partial charge in [0.1, 0.15) is 0 Å². The van der Waals surface area contributed by atoms with E-state index in [0.717, 1.165) is 37.5 Å². The Bertz CT molecular complexity index is 511. The van der Waals surface area contributed by atoms with Gasteiger partial charge in [-0.25, -0.2) is 0 Å². The molecule has 1 saturated carbocycles. The van der Waals surface area contributed by atoms with Gasteiger partial charge in [-0.1, -0.05) is 11.6 Å². The van der Waals surface area contributed by atoms with Crippen LogP contribution in [0.25, 0.3) is 0 Å². The Kier molecular flexibility index (Phi) is 4.67. The number of allylic oxidation sites excluding steroid dienone is 1. The summed E-state index contributed by atoms with van der Waals surface area (Å²) < 4.78 is 0. The van der Waals surface area contributed by atoms with Crippen LogP contribution >= 0.6 is 11.6 Å². The zero-order valence-corrected chi connectivity index (χ0v) is 14.6. The molecule has 2 saturated heterocycles. The first-order chi connectivity index (χ1) is 11.2. The first-order valence-electron chi connectivity index (χ1n) is 9.49. The van der Waals surface area contributed by atoms with Gasteiger partial charge in [-0.05, 0) is 69.6 Å². The van der Waals surface area contributed by atoms with E-state index in [4.69, 9.17) is 16.9 Å². The van der Waals surface area contributed by atoms with E-state index in [0.29, 0.717) is 18.1 Å². The molecule has 3 nitrogen and oxygen atoms in total. The van der Waals surface area contributed by atoms with Crippen LogP contribution in [0.4, 0.5) is 0 Å². The maximum atomic E-state index is 9.08. The minimum absolute atomic E-state index is 0.155. The van der Waals surface area contributed by atoms with Gasteiger partial charge in [0.05, 0.1) is 17.5 Å². The lowest BCUT2D eigenvalue weighted by atomic mass is 9.67. The molecule has 0 spiro atoms. The lowest BCUT2D eigenvalue weighted by Crippen LogP contribution is -2.65. The number of fused-ring (bicyclic) bond motifs is 3. The van der Waals surface area contributed by atoms with Crippen LogP contribution in [-0.2, 0) is 0 Å². The molecular weight excluding hydrogens is 306 g/mol. The van der Waals surface area contributed by atoms with Gasteiger partial charge in [-0.15, -0.1) is 11.6 Å². The van der Waals surface area contributed by atoms with Crippen molar-refractivity contribution in [2.45, 2.75) is 81.4 Å². The number of hydrogen-bond acceptors (Lipinski definition) is 3. The third-order valence-electron chi connectivity index (χ3n) is 6.77. The van der Waals surface area contributed by atoms with E-state index in [2.05, 4.69) is 22.8 Å². The largest absolute Gasteiger partial charge is 0.306 e. The summed E-state index contributed by atoms with van der Waals surface area (Å²) in [5, 5.41) is 16.8. The molecule has 7 unspecified atom stereocenters. The average molecular weight is 334 g/mol. The predicted octanol–water partition coefficient (Wildman–Crippen LogP) is 3.70. The Balaban J connectivity index is 1.46. The van der Waals surface area contributed by atoms with Crippen LogP contribution in [-0.4, -0.2) is 23.6 Å². The van der Waals surface area contributed by atoms with Gasteiger partial charge < -0.3 is 5.32 Å². The Morgan fingerprint density at radius 1 is 0.957 bits per heavy atom. The number of rotatable bonds is 1. The highest BCUT2D eigenvalue weighted by atomic mass is 35.5. The highest BCUT2D eigenvalue weighted by molar-refractivity contribution is 6.20. The van der Waals surface area contributed by atoms with Crippen molar-refractivity contribution in [2.24, 2.45) is 17.8 Å². The molecule has 4 heteroatoms. The smallest absolute Gasteiger partial charge is 0.0828 e. The number of nitrogens with one attached hydrogen (secondary N) is 2. The summed E-state index contributed by atoms with van der Waals surface area (Å²) in [7, 11) is 0. The maximum Gasteiger partial charge on any atom is 0.0828 e. The van der Waals surface area contributed by atoms with Gasteiger partial charge in [0.15, 0.2) is 0 Å². The number of nitriles is 1. The fraction of sp³-hybridized carbons (Fsp3) is 0.842. The molecule has 3 fully saturated rings. The van der Waals surface area contributed by atoms with Gasteiger partial charge in [0, 0.05) is 18.1 Å². The minimum Gasteiger partial charge on any atom is -0.306 e. The van der Waals surface area contributed by atoms with Crippen LogP contribution in [0, 0.1) is 29.1 Å². The molecule has 0 aromatic heterocycles. The van der Waals surface area contributed by atoms with Crippen molar-refractivity contribution in [3.63, 3.8) is 0 Å². The monoisotopic (exact) mass is 333 g/mol. The molecule has 2 aliphatic carbocycles. The normalized spacial score (nSPS) is 47.0. The summed E-state index contributed by atoms with van der Waals surface area (Å²) in [6, 6.07) is 4.11. The van der Waals surface area contributed by atoms with Crippen molar-refractivity contribution in [1.82, 2.24) is 10.6 Å². The van der Waals surface area contributed by atoms with E-state index >= 15 is 0 Å². The first kappa shape index (κ1) is 15.9. The van der Waals surface area contributed by atoms with Crippen LogP contribution in [0.2, 0.25) is 0 Å². The summed E-state index contributed by atoms with van der Waals surface area (Å²) in [6.07, 6.45) is 13.2. The molecule has 2 heterocycles. The maximum absolute atomic E-state index is 9.08. The molecule has 0 aromatic carbocycles. The van der Waals surface area contributed by atoms with Crippen LogP contribution < -0.4 is 10.6 Å². The summed E-state index contributed by atoms with van der Waals surface area (Å²) in [5.41, 5.74) is 1.72. The average Bonchev–Trinajstić information content (AvgIpc) is 2.61. The van der Waals surface area contributed by atoms with Crippen molar-refractivity contribution >= 4 is 11.6 Å². The highest BCUT2D eigenvalue weighted by Gasteiger charge is 2.45. The second kappa shape index (κ2) is 6.75. The van der Waals surface area contributed by atoms with Gasteiger partial charge >= 0.3 is 0 Å². The standard InChI is InChI=1S/C19H28ClN3/c20-17-10-8-15-6-5-14-7-9-16(22-18(14)19(15)23-17)13-3-1-12(11-21)2-4-13/h3,12,14-19,22-23H,1-2,4-10H2. The number of halogens is 1. The molecule has 7 atom stereocenters. The number of piperidine rings is 2. The van der Waals surface area contributed by atoms with Crippen molar-refractivity contribution in [1.29, 1.82) is 5.26 Å². The van der Waals surface area contributed by atoms with E-state index in [1.807, 2.05) is 0 Å². The van der Waals surface area contributed by atoms with Gasteiger partial charge in [0.2, 0.25) is 0 Å². The van der Waals surface area contributed by atoms with Crippen LogP contribution in [0.15, 0.2) is 11.6 Å². The molecule has 2 N–H and O–H groups in total. The molecule has 126 valence electrons. The lowest BCUT2D eigenvalue weighted by molar-refractivity contribution is 0.0785. The van der Waals surface area contributed by atoms with E-state index in [1.165, 1.54) is 32.1 Å². The molecule has 4 aliphatic rings. The Morgan fingerprint density at radius 2 is 1.65 bits per heavy atom. The van der Waals surface area contributed by atoms with E-state index in [9.17, 15) is 0 Å². The number of alkyl halides is 1. The van der Waals surface area contributed by atoms with E-state index < -0.39 is 0 Å². The first-order valence-corrected chi connectivity index (χ1v) is 9.93. The zero-order valence-electron chi connectivity index (χ0n) is 13.8. The van der Waals surface area contributed by atoms with Gasteiger partial charge in [0.25, 0.3) is 0 Å². The molecule has 23 heavy (non-hydrogen) atoms. The zero-order chi connectivity index (χ0) is 15.8. The summed E-state index contributed by atoms with van der Waals surface area (Å²) >= 11 is 6.40. The van der Waals surface area contributed by atoms with Crippen LogP contribution in [0.1, 0.15) is 57.8 Å². The van der Waals surface area contributed by atoms with Crippen LogP contribution in [0.5, 0.6) is 0 Å². The fourth-order valence-corrected chi connectivity index (χ4v) is 5.70. The Labute approximate surface area is 144 Å². The Morgan fingerprint density at radius 3 is 2.35 bits per heavy atom. The third-order valence-corrected chi connectivity index (χ3v) is 7.12. The topological polar surface area (TPSA) is 47.9 Å². The predicted molar refractivity (Wildman–Crippen MR) is 93.0 cm³/mol. The summed E-state index contributed by atoms with van der Waals surface area (Å²) in [4.78, 5) is 0. The van der Waals surface area contributed by atoms with Crippen LogP contribution in [0.3, 0.4) is 0 Å². The second-order valence-electron chi connectivity index (χ2n) is 8.04. The van der Waals surface area contributed by atoms with E-state index in [1.54, 1.807) is 5.57 Å². The molecule has 4 rings (SSSR count).